The maximum absolute atomic E-state index is 12.1. The lowest BCUT2D eigenvalue weighted by Crippen LogP contribution is -2.39. The van der Waals surface area contributed by atoms with Crippen molar-refractivity contribution in [1.29, 1.82) is 0 Å². The van der Waals surface area contributed by atoms with Gasteiger partial charge in [-0.15, -0.1) is 0 Å². The van der Waals surface area contributed by atoms with Gasteiger partial charge in [-0.1, -0.05) is 0 Å². The van der Waals surface area contributed by atoms with Gasteiger partial charge in [-0.05, 0) is 31.2 Å². The molecule has 0 atom stereocenters. The summed E-state index contributed by atoms with van der Waals surface area (Å²) in [5.41, 5.74) is 0.888. The minimum Gasteiger partial charge on any atom is -0.383 e. The Morgan fingerprint density at radius 1 is 1.04 bits per heavy atom. The molecule has 1 aliphatic rings. The highest BCUT2D eigenvalue weighted by atomic mass is 16.5. The fourth-order valence-electron chi connectivity index (χ4n) is 2.20. The number of ketones is 1. The average Bonchev–Trinajstić information content (AvgIpc) is 2.77. The summed E-state index contributed by atoms with van der Waals surface area (Å²) in [5, 5.41) is 2.50. The molecule has 9 nitrogen and oxygen atoms in total. The van der Waals surface area contributed by atoms with Gasteiger partial charge < -0.3 is 10.1 Å². The lowest BCUT2D eigenvalue weighted by atomic mass is 10.1. The predicted octanol–water partition coefficient (Wildman–Crippen LogP) is 0.265. The Morgan fingerprint density at radius 2 is 1.64 bits per heavy atom. The van der Waals surface area contributed by atoms with E-state index in [1.54, 1.807) is 12.1 Å². The zero-order valence-electron chi connectivity index (χ0n) is 13.8. The molecule has 0 unspecified atom stereocenters. The number of methoxy groups -OCH3 is 1. The third-order valence-corrected chi connectivity index (χ3v) is 3.53. The van der Waals surface area contributed by atoms with Crippen LogP contribution in [0.2, 0.25) is 0 Å². The van der Waals surface area contributed by atoms with Gasteiger partial charge in [0.2, 0.25) is 5.91 Å². The first-order chi connectivity index (χ1) is 11.8. The highest BCUT2D eigenvalue weighted by Crippen LogP contribution is 2.13. The zero-order valence-corrected chi connectivity index (χ0v) is 13.8. The average molecular weight is 347 g/mol. The SMILES string of the molecule is COCCN1C(=O)C(=O)N(CC(=O)Nc2ccc(C(C)=O)cc2)C1=O. The number of carbonyl (C=O) groups is 5. The second-order valence-electron chi connectivity index (χ2n) is 5.31. The molecule has 0 radical (unpaired) electrons. The van der Waals surface area contributed by atoms with Crippen LogP contribution in [-0.2, 0) is 19.1 Å². The van der Waals surface area contributed by atoms with Crippen LogP contribution < -0.4 is 5.32 Å². The molecule has 1 saturated heterocycles. The predicted molar refractivity (Wildman–Crippen MR) is 85.8 cm³/mol. The molecule has 9 heteroatoms. The molecule has 1 aromatic carbocycles. The number of urea groups is 1. The summed E-state index contributed by atoms with van der Waals surface area (Å²) in [6.45, 7) is 0.865. The van der Waals surface area contributed by atoms with E-state index >= 15 is 0 Å². The van der Waals surface area contributed by atoms with Crippen molar-refractivity contribution in [3.05, 3.63) is 29.8 Å². The maximum atomic E-state index is 12.1. The molecule has 1 aliphatic heterocycles. The fraction of sp³-hybridized carbons (Fsp3) is 0.312. The van der Waals surface area contributed by atoms with Crippen molar-refractivity contribution in [2.75, 3.05) is 32.1 Å². The quantitative estimate of drug-likeness (QED) is 0.430. The lowest BCUT2D eigenvalue weighted by Gasteiger charge is -2.15. The van der Waals surface area contributed by atoms with E-state index in [1.165, 1.54) is 26.2 Å². The van der Waals surface area contributed by atoms with Gasteiger partial charge in [-0.25, -0.2) is 9.69 Å². The maximum Gasteiger partial charge on any atom is 0.334 e. The molecule has 5 amide bonds. The Balaban J connectivity index is 2.00. The third-order valence-electron chi connectivity index (χ3n) is 3.53. The molecule has 1 N–H and O–H groups in total. The first kappa shape index (κ1) is 18.3. The number of nitrogens with one attached hydrogen (secondary N) is 1. The van der Waals surface area contributed by atoms with Crippen molar-refractivity contribution in [1.82, 2.24) is 9.80 Å². The topological polar surface area (TPSA) is 113 Å². The van der Waals surface area contributed by atoms with Crippen molar-refractivity contribution in [3.8, 4) is 0 Å². The van der Waals surface area contributed by atoms with Crippen LogP contribution in [0.25, 0.3) is 0 Å². The summed E-state index contributed by atoms with van der Waals surface area (Å²) in [7, 11) is 1.40. The molecule has 1 heterocycles. The normalized spacial score (nSPS) is 14.2. The third kappa shape index (κ3) is 4.07. The molecule has 25 heavy (non-hydrogen) atoms. The van der Waals surface area contributed by atoms with Crippen LogP contribution in [0, 0.1) is 0 Å². The summed E-state index contributed by atoms with van der Waals surface area (Å²) in [5.74, 6) is -2.79. The van der Waals surface area contributed by atoms with E-state index in [1.807, 2.05) is 0 Å². The number of amides is 5. The van der Waals surface area contributed by atoms with Gasteiger partial charge in [0.15, 0.2) is 5.78 Å². The van der Waals surface area contributed by atoms with Gasteiger partial charge in [0, 0.05) is 18.4 Å². The van der Waals surface area contributed by atoms with Gasteiger partial charge in [0.1, 0.15) is 6.54 Å². The van der Waals surface area contributed by atoms with Gasteiger partial charge >= 0.3 is 17.8 Å². The van der Waals surface area contributed by atoms with Crippen LogP contribution in [-0.4, -0.2) is 66.1 Å². The van der Waals surface area contributed by atoms with Crippen molar-refractivity contribution in [2.24, 2.45) is 0 Å². The highest BCUT2D eigenvalue weighted by Gasteiger charge is 2.44. The molecular weight excluding hydrogens is 330 g/mol. The van der Waals surface area contributed by atoms with Crippen molar-refractivity contribution in [2.45, 2.75) is 6.92 Å². The van der Waals surface area contributed by atoms with Gasteiger partial charge in [-0.3, -0.25) is 24.1 Å². The number of hydrogen-bond donors (Lipinski definition) is 1. The zero-order chi connectivity index (χ0) is 18.6. The molecule has 132 valence electrons. The second-order valence-corrected chi connectivity index (χ2v) is 5.31. The summed E-state index contributed by atoms with van der Waals surface area (Å²) in [6, 6.07) is 5.28. The van der Waals surface area contributed by atoms with E-state index < -0.39 is 30.3 Å². The first-order valence-corrected chi connectivity index (χ1v) is 7.42. The van der Waals surface area contributed by atoms with Crippen LogP contribution in [0.3, 0.4) is 0 Å². The number of rotatable bonds is 7. The van der Waals surface area contributed by atoms with E-state index in [2.05, 4.69) is 5.32 Å². The van der Waals surface area contributed by atoms with Crippen LogP contribution >= 0.6 is 0 Å². The molecule has 0 spiro atoms. The van der Waals surface area contributed by atoms with Gasteiger partial charge in [0.05, 0.1) is 13.2 Å². The van der Waals surface area contributed by atoms with Crippen LogP contribution in [0.5, 0.6) is 0 Å². The van der Waals surface area contributed by atoms with Crippen molar-refractivity contribution < 1.29 is 28.7 Å². The number of hydrogen-bond acceptors (Lipinski definition) is 6. The molecule has 1 fully saturated rings. The number of carbonyl (C=O) groups excluding carboxylic acids is 5. The number of ether oxygens (including phenoxy) is 1. The van der Waals surface area contributed by atoms with Gasteiger partial charge in [0.25, 0.3) is 0 Å². The molecule has 0 saturated carbocycles. The Labute approximate surface area is 143 Å². The Bertz CT molecular complexity index is 728. The second kappa shape index (κ2) is 7.67. The minimum absolute atomic E-state index is 0.0649. The number of benzene rings is 1. The monoisotopic (exact) mass is 347 g/mol. The number of imide groups is 2. The number of anilines is 1. The lowest BCUT2D eigenvalue weighted by molar-refractivity contribution is -0.143. The van der Waals surface area contributed by atoms with Crippen molar-refractivity contribution >= 4 is 35.2 Å². The number of nitrogens with zero attached hydrogens (tertiary/aromatic N) is 2. The molecule has 2 rings (SSSR count). The summed E-state index contributed by atoms with van der Waals surface area (Å²) < 4.78 is 4.78. The minimum atomic E-state index is -1.05. The van der Waals surface area contributed by atoms with Gasteiger partial charge in [-0.2, -0.15) is 0 Å². The van der Waals surface area contributed by atoms with Crippen LogP contribution in [0.15, 0.2) is 24.3 Å². The Morgan fingerprint density at radius 3 is 2.20 bits per heavy atom. The molecule has 0 aliphatic carbocycles. The largest absolute Gasteiger partial charge is 0.383 e. The van der Waals surface area contributed by atoms with E-state index in [0.29, 0.717) is 16.2 Å². The van der Waals surface area contributed by atoms with E-state index in [-0.39, 0.29) is 18.9 Å². The van der Waals surface area contributed by atoms with E-state index in [0.717, 1.165) is 4.90 Å². The summed E-state index contributed by atoms with van der Waals surface area (Å²) in [4.78, 5) is 60.2. The molecule has 0 bridgehead atoms. The summed E-state index contributed by atoms with van der Waals surface area (Å²) in [6.07, 6.45) is 0. The van der Waals surface area contributed by atoms with E-state index in [4.69, 9.17) is 4.74 Å². The molecule has 0 aromatic heterocycles. The first-order valence-electron chi connectivity index (χ1n) is 7.42. The van der Waals surface area contributed by atoms with Crippen molar-refractivity contribution in [3.63, 3.8) is 0 Å². The Kier molecular flexibility index (Phi) is 5.60. The summed E-state index contributed by atoms with van der Waals surface area (Å²) >= 11 is 0. The van der Waals surface area contributed by atoms with Crippen LogP contribution in [0.1, 0.15) is 17.3 Å². The van der Waals surface area contributed by atoms with E-state index in [9.17, 15) is 24.0 Å². The number of Topliss-reactive ketones (excluding diaryl/α,β-unsaturated/α-hetero) is 1. The fourth-order valence-corrected chi connectivity index (χ4v) is 2.20. The molecule has 1 aromatic rings. The Hall–Kier alpha value is -3.07. The highest BCUT2D eigenvalue weighted by molar-refractivity contribution is 6.45. The molecular formula is C16H17N3O6. The standard InChI is InChI=1S/C16H17N3O6/c1-10(20)11-3-5-12(6-4-11)17-13(21)9-19-15(23)14(22)18(16(19)24)7-8-25-2/h3-6H,7-9H2,1-2H3,(H,17,21). The smallest absolute Gasteiger partial charge is 0.334 e. The van der Waals surface area contributed by atoms with Crippen LogP contribution in [0.4, 0.5) is 10.5 Å².